The first kappa shape index (κ1) is 14.3. The van der Waals surface area contributed by atoms with Crippen LogP contribution in [0, 0.1) is 0 Å². The molecule has 1 heterocycles. The molecule has 0 spiro atoms. The second-order valence-corrected chi connectivity index (χ2v) is 5.63. The van der Waals surface area contributed by atoms with Crippen LogP contribution in [0.4, 0.5) is 0 Å². The number of morpholine rings is 1. The zero-order valence-electron chi connectivity index (χ0n) is 11.1. The molecule has 0 saturated carbocycles. The topological polar surface area (TPSA) is 38.8 Å². The van der Waals surface area contributed by atoms with E-state index in [1.807, 2.05) is 38.1 Å². The molecule has 0 aliphatic carbocycles. The number of benzene rings is 1. The smallest absolute Gasteiger partial charge is 0.260 e. The van der Waals surface area contributed by atoms with E-state index in [2.05, 4.69) is 15.9 Å². The highest BCUT2D eigenvalue weighted by Gasteiger charge is 2.26. The summed E-state index contributed by atoms with van der Waals surface area (Å²) in [5.74, 6) is 0.683. The van der Waals surface area contributed by atoms with Crippen LogP contribution in [-0.2, 0) is 9.53 Å². The number of carbonyl (C=O) groups is 1. The van der Waals surface area contributed by atoms with Gasteiger partial charge < -0.3 is 14.4 Å². The molecule has 1 aliphatic rings. The Bertz CT molecular complexity index is 442. The molecular weight excluding hydrogens is 310 g/mol. The van der Waals surface area contributed by atoms with Crippen LogP contribution in [-0.4, -0.2) is 42.7 Å². The van der Waals surface area contributed by atoms with Crippen LogP contribution in [0.25, 0.3) is 0 Å². The van der Waals surface area contributed by atoms with Gasteiger partial charge in [0.15, 0.2) is 6.61 Å². The lowest BCUT2D eigenvalue weighted by molar-refractivity contribution is -0.145. The number of para-hydroxylation sites is 1. The molecule has 1 saturated heterocycles. The molecule has 2 atom stereocenters. The number of carbonyl (C=O) groups excluding carboxylic acids is 1. The van der Waals surface area contributed by atoms with Crippen LogP contribution in [0.5, 0.6) is 5.75 Å². The largest absolute Gasteiger partial charge is 0.483 e. The molecule has 0 bridgehead atoms. The van der Waals surface area contributed by atoms with Crippen molar-refractivity contribution in [3.05, 3.63) is 28.7 Å². The van der Waals surface area contributed by atoms with Crippen LogP contribution in [0.3, 0.4) is 0 Å². The number of hydrogen-bond acceptors (Lipinski definition) is 3. The van der Waals surface area contributed by atoms with Crippen molar-refractivity contribution in [2.45, 2.75) is 26.1 Å². The van der Waals surface area contributed by atoms with Crippen molar-refractivity contribution in [1.82, 2.24) is 4.90 Å². The van der Waals surface area contributed by atoms with Gasteiger partial charge in [-0.25, -0.2) is 0 Å². The van der Waals surface area contributed by atoms with Crippen molar-refractivity contribution in [1.29, 1.82) is 0 Å². The molecule has 4 nitrogen and oxygen atoms in total. The minimum atomic E-state index is -0.00208. The SMILES string of the molecule is CC1CN(C(=O)COc2ccccc2Br)CC(C)O1. The first-order chi connectivity index (χ1) is 9.06. The Kier molecular flexibility index (Phi) is 4.82. The first-order valence-corrected chi connectivity index (χ1v) is 7.16. The summed E-state index contributed by atoms with van der Waals surface area (Å²) < 4.78 is 12.0. The molecule has 1 aromatic rings. The van der Waals surface area contributed by atoms with Gasteiger partial charge in [-0.3, -0.25) is 4.79 Å². The number of amides is 1. The summed E-state index contributed by atoms with van der Waals surface area (Å²) in [5.41, 5.74) is 0. The third-order valence-corrected chi connectivity index (χ3v) is 3.62. The number of rotatable bonds is 3. The van der Waals surface area contributed by atoms with Crippen LogP contribution < -0.4 is 4.74 Å². The van der Waals surface area contributed by atoms with Gasteiger partial charge in [0.2, 0.25) is 0 Å². The molecule has 1 amide bonds. The third kappa shape index (κ3) is 3.94. The highest BCUT2D eigenvalue weighted by atomic mass is 79.9. The number of hydrogen-bond donors (Lipinski definition) is 0. The highest BCUT2D eigenvalue weighted by molar-refractivity contribution is 9.10. The highest BCUT2D eigenvalue weighted by Crippen LogP contribution is 2.23. The second-order valence-electron chi connectivity index (χ2n) is 4.78. The fourth-order valence-electron chi connectivity index (χ4n) is 2.17. The van der Waals surface area contributed by atoms with E-state index in [1.165, 1.54) is 0 Å². The Balaban J connectivity index is 1.89. The molecule has 0 N–H and O–H groups in total. The summed E-state index contributed by atoms with van der Waals surface area (Å²) in [6.07, 6.45) is 0.160. The average Bonchev–Trinajstić information content (AvgIpc) is 2.36. The summed E-state index contributed by atoms with van der Waals surface area (Å²) >= 11 is 3.39. The summed E-state index contributed by atoms with van der Waals surface area (Å²) in [5, 5.41) is 0. The second kappa shape index (κ2) is 6.39. The fraction of sp³-hybridized carbons (Fsp3) is 0.500. The summed E-state index contributed by atoms with van der Waals surface area (Å²) in [7, 11) is 0. The van der Waals surface area contributed by atoms with E-state index < -0.39 is 0 Å². The summed E-state index contributed by atoms with van der Waals surface area (Å²) in [6, 6.07) is 7.51. The first-order valence-electron chi connectivity index (χ1n) is 6.37. The molecule has 2 unspecified atom stereocenters. The van der Waals surface area contributed by atoms with Crippen LogP contribution in [0.2, 0.25) is 0 Å². The van der Waals surface area contributed by atoms with Crippen molar-refractivity contribution in [2.75, 3.05) is 19.7 Å². The lowest BCUT2D eigenvalue weighted by atomic mass is 10.2. The Labute approximate surface area is 121 Å². The Hall–Kier alpha value is -1.07. The van der Waals surface area contributed by atoms with Gasteiger partial charge >= 0.3 is 0 Å². The summed E-state index contributed by atoms with van der Waals surface area (Å²) in [4.78, 5) is 13.9. The van der Waals surface area contributed by atoms with Crippen LogP contribution >= 0.6 is 15.9 Å². The van der Waals surface area contributed by atoms with Crippen molar-refractivity contribution < 1.29 is 14.3 Å². The van der Waals surface area contributed by atoms with Gasteiger partial charge in [-0.05, 0) is 41.9 Å². The predicted octanol–water partition coefficient (Wildman–Crippen LogP) is 2.46. The molecule has 104 valence electrons. The third-order valence-electron chi connectivity index (χ3n) is 2.96. The van der Waals surface area contributed by atoms with Crippen molar-refractivity contribution >= 4 is 21.8 Å². The zero-order chi connectivity index (χ0) is 13.8. The lowest BCUT2D eigenvalue weighted by Gasteiger charge is -2.35. The standard InChI is InChI=1S/C14H18BrNO3/c1-10-7-16(8-11(2)19-10)14(17)9-18-13-6-4-3-5-12(13)15/h3-6,10-11H,7-9H2,1-2H3. The van der Waals surface area contributed by atoms with Crippen molar-refractivity contribution in [3.63, 3.8) is 0 Å². The predicted molar refractivity (Wildman–Crippen MR) is 76.2 cm³/mol. The van der Waals surface area contributed by atoms with E-state index in [0.29, 0.717) is 18.8 Å². The molecule has 1 fully saturated rings. The van der Waals surface area contributed by atoms with E-state index in [-0.39, 0.29) is 24.7 Å². The Morgan fingerprint density at radius 1 is 1.37 bits per heavy atom. The Morgan fingerprint density at radius 2 is 2.00 bits per heavy atom. The molecular formula is C14H18BrNO3. The summed E-state index contributed by atoms with van der Waals surface area (Å²) in [6.45, 7) is 5.27. The van der Waals surface area contributed by atoms with Gasteiger partial charge in [-0.2, -0.15) is 0 Å². The maximum absolute atomic E-state index is 12.1. The van der Waals surface area contributed by atoms with Gasteiger partial charge in [0.05, 0.1) is 16.7 Å². The van der Waals surface area contributed by atoms with Crippen molar-refractivity contribution in [3.8, 4) is 5.75 Å². The minimum absolute atomic E-state index is 0.00208. The fourth-order valence-corrected chi connectivity index (χ4v) is 2.57. The van der Waals surface area contributed by atoms with Gasteiger partial charge in [-0.1, -0.05) is 12.1 Å². The lowest BCUT2D eigenvalue weighted by Crippen LogP contribution is -2.49. The zero-order valence-corrected chi connectivity index (χ0v) is 12.7. The van der Waals surface area contributed by atoms with Gasteiger partial charge in [0.25, 0.3) is 5.91 Å². The number of ether oxygens (including phenoxy) is 2. The number of nitrogens with zero attached hydrogens (tertiary/aromatic N) is 1. The molecule has 19 heavy (non-hydrogen) atoms. The van der Waals surface area contributed by atoms with Gasteiger partial charge in [-0.15, -0.1) is 0 Å². The van der Waals surface area contributed by atoms with E-state index in [9.17, 15) is 4.79 Å². The molecule has 2 rings (SSSR count). The molecule has 0 radical (unpaired) electrons. The maximum Gasteiger partial charge on any atom is 0.260 e. The van der Waals surface area contributed by atoms with E-state index in [4.69, 9.17) is 9.47 Å². The van der Waals surface area contributed by atoms with Gasteiger partial charge in [0.1, 0.15) is 5.75 Å². The maximum atomic E-state index is 12.1. The van der Waals surface area contributed by atoms with Crippen LogP contribution in [0.15, 0.2) is 28.7 Å². The molecule has 0 aromatic heterocycles. The average molecular weight is 328 g/mol. The van der Waals surface area contributed by atoms with E-state index in [1.54, 1.807) is 4.90 Å². The van der Waals surface area contributed by atoms with E-state index >= 15 is 0 Å². The number of halogens is 1. The quantitative estimate of drug-likeness (QED) is 0.856. The molecule has 1 aromatic carbocycles. The minimum Gasteiger partial charge on any atom is -0.483 e. The van der Waals surface area contributed by atoms with Gasteiger partial charge in [0, 0.05) is 13.1 Å². The molecule has 5 heteroatoms. The Morgan fingerprint density at radius 3 is 2.63 bits per heavy atom. The monoisotopic (exact) mass is 327 g/mol. The van der Waals surface area contributed by atoms with Crippen molar-refractivity contribution in [2.24, 2.45) is 0 Å². The van der Waals surface area contributed by atoms with Crippen LogP contribution in [0.1, 0.15) is 13.8 Å². The molecule has 1 aliphatic heterocycles. The normalized spacial score (nSPS) is 23.2. The van der Waals surface area contributed by atoms with E-state index in [0.717, 1.165) is 4.47 Å².